The van der Waals surface area contributed by atoms with E-state index in [1.165, 1.54) is 96.3 Å². The lowest BCUT2D eigenvalue weighted by atomic mass is 9.71. The highest BCUT2D eigenvalue weighted by molar-refractivity contribution is 4.79. The molecule has 0 rings (SSSR count). The van der Waals surface area contributed by atoms with Gasteiger partial charge in [0.05, 0.1) is 0 Å². The molecule has 0 aliphatic rings. The molecule has 128 valence electrons. The summed E-state index contributed by atoms with van der Waals surface area (Å²) in [5.41, 5.74) is 6.25. The summed E-state index contributed by atoms with van der Waals surface area (Å²) in [5.74, 6) is 0. The maximum Gasteiger partial charge on any atom is -0.00773 e. The van der Waals surface area contributed by atoms with Crippen molar-refractivity contribution in [3.63, 3.8) is 0 Å². The van der Waals surface area contributed by atoms with Gasteiger partial charge < -0.3 is 5.73 Å². The van der Waals surface area contributed by atoms with Crippen molar-refractivity contribution >= 4 is 0 Å². The molecule has 0 saturated heterocycles. The van der Waals surface area contributed by atoms with Gasteiger partial charge in [-0.3, -0.25) is 0 Å². The maximum absolute atomic E-state index is 5.58. The summed E-state index contributed by atoms with van der Waals surface area (Å²) in [6.45, 7) is 7.90. The van der Waals surface area contributed by atoms with Crippen LogP contribution in [0.25, 0.3) is 0 Å². The number of nitrogens with two attached hydrogens (primary N) is 1. The molecule has 0 fully saturated rings. The zero-order valence-electron chi connectivity index (χ0n) is 15.4. The van der Waals surface area contributed by atoms with Crippen molar-refractivity contribution in [3.8, 4) is 0 Å². The Kier molecular flexibility index (Phi) is 14.9. The second-order valence-electron chi connectivity index (χ2n) is 7.12. The number of unbranched alkanes of at least 4 members (excludes halogenated alkanes) is 7. The van der Waals surface area contributed by atoms with Crippen LogP contribution in [0.5, 0.6) is 0 Å². The van der Waals surface area contributed by atoms with Crippen LogP contribution in [-0.4, -0.2) is 6.54 Å². The second-order valence-corrected chi connectivity index (χ2v) is 7.12. The molecule has 0 radical (unpaired) electrons. The predicted octanol–water partition coefficient (Wildman–Crippen LogP) is 6.84. The first-order valence-electron chi connectivity index (χ1n) is 9.94. The first kappa shape index (κ1) is 21.0. The van der Waals surface area contributed by atoms with Crippen LogP contribution < -0.4 is 5.73 Å². The predicted molar refractivity (Wildman–Crippen MR) is 97.8 cm³/mol. The Labute approximate surface area is 135 Å². The molecule has 0 aliphatic carbocycles. The molecular weight excluding hydrogens is 254 g/mol. The molecule has 0 aliphatic heterocycles. The van der Waals surface area contributed by atoms with Gasteiger partial charge >= 0.3 is 0 Å². The van der Waals surface area contributed by atoms with E-state index in [9.17, 15) is 0 Å². The minimum atomic E-state index is 0.676. The number of rotatable bonds is 16. The molecule has 1 heteroatoms. The molecule has 0 unspecified atom stereocenters. The highest BCUT2D eigenvalue weighted by Gasteiger charge is 2.27. The second kappa shape index (κ2) is 14.9. The smallest absolute Gasteiger partial charge is 0.00773 e. The topological polar surface area (TPSA) is 26.0 Å². The van der Waals surface area contributed by atoms with E-state index in [0.29, 0.717) is 5.41 Å². The van der Waals surface area contributed by atoms with Crippen LogP contribution in [0.4, 0.5) is 0 Å². The largest absolute Gasteiger partial charge is 0.330 e. The molecule has 0 atom stereocenters. The van der Waals surface area contributed by atoms with Gasteiger partial charge in [0.15, 0.2) is 0 Å². The summed E-state index contributed by atoms with van der Waals surface area (Å²) >= 11 is 0. The van der Waals surface area contributed by atoms with E-state index in [4.69, 9.17) is 5.73 Å². The summed E-state index contributed by atoms with van der Waals surface area (Å²) < 4.78 is 0. The molecule has 2 N–H and O–H groups in total. The fraction of sp³-hybridized carbons (Fsp3) is 1.00. The lowest BCUT2D eigenvalue weighted by Gasteiger charge is -2.35. The Balaban J connectivity index is 4.28. The fourth-order valence-electron chi connectivity index (χ4n) is 3.58. The van der Waals surface area contributed by atoms with Crippen LogP contribution in [0.1, 0.15) is 117 Å². The van der Waals surface area contributed by atoms with Gasteiger partial charge in [0, 0.05) is 0 Å². The van der Waals surface area contributed by atoms with Crippen LogP contribution in [0.3, 0.4) is 0 Å². The molecule has 21 heavy (non-hydrogen) atoms. The SMILES string of the molecule is CCCCC(CCCC)(CCCC)CCCCCCCN. The summed E-state index contributed by atoms with van der Waals surface area (Å²) in [6.07, 6.45) is 21.1. The Morgan fingerprint density at radius 2 is 0.905 bits per heavy atom. The Bertz CT molecular complexity index is 178. The quantitative estimate of drug-likeness (QED) is 0.310. The fourth-order valence-corrected chi connectivity index (χ4v) is 3.58. The first-order valence-corrected chi connectivity index (χ1v) is 9.94. The summed E-state index contributed by atoms with van der Waals surface area (Å²) in [5, 5.41) is 0. The van der Waals surface area contributed by atoms with E-state index in [0.717, 1.165) is 6.54 Å². The molecule has 0 aromatic rings. The molecule has 0 spiro atoms. The molecule has 1 nitrogen and oxygen atoms in total. The van der Waals surface area contributed by atoms with Crippen molar-refractivity contribution in [1.29, 1.82) is 0 Å². The molecule has 0 amide bonds. The lowest BCUT2D eigenvalue weighted by molar-refractivity contribution is 0.176. The van der Waals surface area contributed by atoms with Crippen LogP contribution >= 0.6 is 0 Å². The third-order valence-electron chi connectivity index (χ3n) is 5.09. The number of hydrogen-bond acceptors (Lipinski definition) is 1. The Hall–Kier alpha value is -0.0400. The van der Waals surface area contributed by atoms with E-state index in [1.54, 1.807) is 0 Å². The van der Waals surface area contributed by atoms with Crippen molar-refractivity contribution in [3.05, 3.63) is 0 Å². The van der Waals surface area contributed by atoms with E-state index in [-0.39, 0.29) is 0 Å². The molecule has 0 bridgehead atoms. The van der Waals surface area contributed by atoms with Crippen LogP contribution in [0.15, 0.2) is 0 Å². The average molecular weight is 298 g/mol. The van der Waals surface area contributed by atoms with E-state index in [1.807, 2.05) is 0 Å². The summed E-state index contributed by atoms with van der Waals surface area (Å²) in [7, 11) is 0. The maximum atomic E-state index is 5.58. The average Bonchev–Trinajstić information content (AvgIpc) is 2.51. The van der Waals surface area contributed by atoms with E-state index in [2.05, 4.69) is 20.8 Å². The normalized spacial score (nSPS) is 12.0. The Morgan fingerprint density at radius 1 is 0.524 bits per heavy atom. The van der Waals surface area contributed by atoms with Crippen molar-refractivity contribution in [2.45, 2.75) is 117 Å². The standard InChI is InChI=1S/C20H43N/c1-4-7-15-20(16-8-5-2,17-9-6-3)18-13-11-10-12-14-19-21/h4-19,21H2,1-3H3. The molecule has 0 heterocycles. The van der Waals surface area contributed by atoms with Gasteiger partial charge in [-0.15, -0.1) is 0 Å². The first-order chi connectivity index (χ1) is 10.2. The molecule has 0 aromatic heterocycles. The van der Waals surface area contributed by atoms with Gasteiger partial charge in [-0.2, -0.15) is 0 Å². The van der Waals surface area contributed by atoms with E-state index < -0.39 is 0 Å². The minimum absolute atomic E-state index is 0.676. The molecule has 0 aromatic carbocycles. The molecular formula is C20H43N. The Morgan fingerprint density at radius 3 is 1.33 bits per heavy atom. The van der Waals surface area contributed by atoms with Gasteiger partial charge in [-0.25, -0.2) is 0 Å². The minimum Gasteiger partial charge on any atom is -0.330 e. The number of hydrogen-bond donors (Lipinski definition) is 1. The van der Waals surface area contributed by atoms with Crippen LogP contribution in [0.2, 0.25) is 0 Å². The van der Waals surface area contributed by atoms with Crippen molar-refractivity contribution in [2.24, 2.45) is 11.1 Å². The highest BCUT2D eigenvalue weighted by atomic mass is 14.5. The van der Waals surface area contributed by atoms with Crippen molar-refractivity contribution in [2.75, 3.05) is 6.54 Å². The zero-order valence-corrected chi connectivity index (χ0v) is 15.4. The van der Waals surface area contributed by atoms with Gasteiger partial charge in [0.2, 0.25) is 0 Å². The van der Waals surface area contributed by atoms with Gasteiger partial charge in [-0.05, 0) is 44.1 Å². The monoisotopic (exact) mass is 297 g/mol. The van der Waals surface area contributed by atoms with Crippen molar-refractivity contribution < 1.29 is 0 Å². The third-order valence-corrected chi connectivity index (χ3v) is 5.09. The van der Waals surface area contributed by atoms with Crippen LogP contribution in [0, 0.1) is 5.41 Å². The molecule has 0 saturated carbocycles. The zero-order chi connectivity index (χ0) is 15.8. The lowest BCUT2D eigenvalue weighted by Crippen LogP contribution is -2.21. The van der Waals surface area contributed by atoms with Gasteiger partial charge in [-0.1, -0.05) is 85.0 Å². The summed E-state index contributed by atoms with van der Waals surface area (Å²) in [6, 6.07) is 0. The van der Waals surface area contributed by atoms with Crippen molar-refractivity contribution in [1.82, 2.24) is 0 Å². The van der Waals surface area contributed by atoms with Gasteiger partial charge in [0.1, 0.15) is 0 Å². The van der Waals surface area contributed by atoms with Crippen LogP contribution in [-0.2, 0) is 0 Å². The van der Waals surface area contributed by atoms with E-state index >= 15 is 0 Å². The summed E-state index contributed by atoms with van der Waals surface area (Å²) in [4.78, 5) is 0. The third kappa shape index (κ3) is 11.2. The van der Waals surface area contributed by atoms with Gasteiger partial charge in [0.25, 0.3) is 0 Å². The highest BCUT2D eigenvalue weighted by Crippen LogP contribution is 2.41.